The van der Waals surface area contributed by atoms with Crippen LogP contribution in [0, 0.1) is 13.8 Å². The molecule has 3 heterocycles. The molecule has 40 heavy (non-hydrogen) atoms. The van der Waals surface area contributed by atoms with Gasteiger partial charge in [-0.1, -0.05) is 36.4 Å². The van der Waals surface area contributed by atoms with Gasteiger partial charge in [-0.2, -0.15) is 0 Å². The topological polar surface area (TPSA) is 97.7 Å². The van der Waals surface area contributed by atoms with Crippen molar-refractivity contribution in [3.63, 3.8) is 0 Å². The van der Waals surface area contributed by atoms with Crippen LogP contribution in [0.25, 0.3) is 33.3 Å². The van der Waals surface area contributed by atoms with Crippen LogP contribution in [-0.4, -0.2) is 32.2 Å². The van der Waals surface area contributed by atoms with Crippen molar-refractivity contribution in [1.82, 2.24) is 25.1 Å². The minimum absolute atomic E-state index is 0.461. The summed E-state index contributed by atoms with van der Waals surface area (Å²) in [6.45, 7) is 4.22. The molecule has 3 aromatic heterocycles. The van der Waals surface area contributed by atoms with Gasteiger partial charge in [-0.3, -0.25) is 0 Å². The van der Waals surface area contributed by atoms with Crippen LogP contribution in [0.5, 0.6) is 11.6 Å². The number of anilines is 3. The van der Waals surface area contributed by atoms with Crippen molar-refractivity contribution in [3.05, 3.63) is 108 Å². The smallest absolute Gasteiger partial charge is 0.228 e. The molecule has 196 valence electrons. The Kier molecular flexibility index (Phi) is 6.72. The van der Waals surface area contributed by atoms with Gasteiger partial charge in [-0.05, 0) is 73.5 Å². The summed E-state index contributed by atoms with van der Waals surface area (Å²) in [5.41, 5.74) is 6.75. The highest BCUT2D eigenvalue weighted by Gasteiger charge is 2.13. The fraction of sp³-hybridized carbons (Fsp3) is 0.0938. The molecule has 0 fully saturated rings. The Morgan fingerprint density at radius 2 is 1.55 bits per heavy atom. The standard InChI is InChI=1S/C32H27N7O/c1-20-10-11-22(19-21(20)2)29-25-7-4-5-8-26(25)30(39-38-29)36-23-12-14-24(15-13-23)40-31-27(9-6-17-34-31)28-16-18-35-32(33-3)37-28/h4-19H,1-3H3,(H,36,39)(H,33,35,37). The second kappa shape index (κ2) is 10.8. The van der Waals surface area contributed by atoms with Crippen molar-refractivity contribution in [3.8, 4) is 34.1 Å². The Morgan fingerprint density at radius 3 is 2.35 bits per heavy atom. The summed E-state index contributed by atoms with van der Waals surface area (Å²) < 4.78 is 6.15. The lowest BCUT2D eigenvalue weighted by Gasteiger charge is -2.13. The molecule has 3 aromatic carbocycles. The van der Waals surface area contributed by atoms with Crippen LogP contribution in [0.1, 0.15) is 11.1 Å². The molecular weight excluding hydrogens is 498 g/mol. The molecule has 0 aliphatic rings. The Labute approximate surface area is 232 Å². The summed E-state index contributed by atoms with van der Waals surface area (Å²) >= 11 is 0. The zero-order valence-electron chi connectivity index (χ0n) is 22.4. The van der Waals surface area contributed by atoms with Gasteiger partial charge in [0.15, 0.2) is 5.82 Å². The first-order chi connectivity index (χ1) is 19.6. The predicted molar refractivity (Wildman–Crippen MR) is 159 cm³/mol. The molecule has 0 saturated heterocycles. The third kappa shape index (κ3) is 5.02. The van der Waals surface area contributed by atoms with E-state index in [9.17, 15) is 0 Å². The number of fused-ring (bicyclic) bond motifs is 1. The molecule has 0 aliphatic carbocycles. The first-order valence-electron chi connectivity index (χ1n) is 12.9. The highest BCUT2D eigenvalue weighted by Crippen LogP contribution is 2.34. The molecular formula is C32H27N7O. The quantitative estimate of drug-likeness (QED) is 0.223. The number of aromatic nitrogens is 5. The number of benzene rings is 3. The second-order valence-corrected chi connectivity index (χ2v) is 9.36. The lowest BCUT2D eigenvalue weighted by molar-refractivity contribution is 0.465. The van der Waals surface area contributed by atoms with Crippen molar-refractivity contribution in [2.45, 2.75) is 13.8 Å². The number of nitrogens with one attached hydrogen (secondary N) is 2. The number of hydrogen-bond donors (Lipinski definition) is 2. The maximum absolute atomic E-state index is 6.15. The average molecular weight is 526 g/mol. The van der Waals surface area contributed by atoms with Gasteiger partial charge in [0.25, 0.3) is 0 Å². The SMILES string of the molecule is CNc1nccc(-c2cccnc2Oc2ccc(Nc3nnc(-c4ccc(C)c(C)c4)c4ccccc34)cc2)n1. The van der Waals surface area contributed by atoms with Gasteiger partial charge in [-0.15, -0.1) is 10.2 Å². The highest BCUT2D eigenvalue weighted by molar-refractivity contribution is 6.00. The minimum Gasteiger partial charge on any atom is -0.438 e. The molecule has 6 rings (SSSR count). The molecule has 0 aliphatic heterocycles. The third-order valence-corrected chi connectivity index (χ3v) is 6.73. The maximum Gasteiger partial charge on any atom is 0.228 e. The van der Waals surface area contributed by atoms with Crippen LogP contribution in [0.15, 0.2) is 97.3 Å². The summed E-state index contributed by atoms with van der Waals surface area (Å²) in [5, 5.41) is 17.6. The third-order valence-electron chi connectivity index (χ3n) is 6.73. The van der Waals surface area contributed by atoms with Gasteiger partial charge < -0.3 is 15.4 Å². The van der Waals surface area contributed by atoms with Gasteiger partial charge >= 0.3 is 0 Å². The number of ether oxygens (including phenoxy) is 1. The Balaban J connectivity index is 1.25. The lowest BCUT2D eigenvalue weighted by Crippen LogP contribution is -2.00. The summed E-state index contributed by atoms with van der Waals surface area (Å²) in [6, 6.07) is 27.8. The van der Waals surface area contributed by atoms with E-state index in [0.29, 0.717) is 23.4 Å². The summed E-state index contributed by atoms with van der Waals surface area (Å²) in [7, 11) is 1.78. The van der Waals surface area contributed by atoms with E-state index in [4.69, 9.17) is 4.74 Å². The van der Waals surface area contributed by atoms with E-state index in [1.54, 1.807) is 19.4 Å². The van der Waals surface area contributed by atoms with E-state index in [0.717, 1.165) is 39.0 Å². The molecule has 2 N–H and O–H groups in total. The Hall–Kier alpha value is -5.37. The van der Waals surface area contributed by atoms with E-state index < -0.39 is 0 Å². The zero-order valence-corrected chi connectivity index (χ0v) is 22.4. The maximum atomic E-state index is 6.15. The molecule has 0 atom stereocenters. The molecule has 0 bridgehead atoms. The highest BCUT2D eigenvalue weighted by atomic mass is 16.5. The number of pyridine rings is 1. The van der Waals surface area contributed by atoms with Crippen LogP contribution in [0.4, 0.5) is 17.5 Å². The zero-order chi connectivity index (χ0) is 27.5. The fourth-order valence-electron chi connectivity index (χ4n) is 4.45. The summed E-state index contributed by atoms with van der Waals surface area (Å²) in [5.74, 6) is 2.32. The molecule has 0 amide bonds. The van der Waals surface area contributed by atoms with Gasteiger partial charge in [-0.25, -0.2) is 15.0 Å². The lowest BCUT2D eigenvalue weighted by atomic mass is 10.0. The molecule has 0 unspecified atom stereocenters. The largest absolute Gasteiger partial charge is 0.438 e. The average Bonchev–Trinajstić information content (AvgIpc) is 3.00. The second-order valence-electron chi connectivity index (χ2n) is 9.36. The molecule has 8 heteroatoms. The van der Waals surface area contributed by atoms with Crippen molar-refractivity contribution in [1.29, 1.82) is 0 Å². The van der Waals surface area contributed by atoms with E-state index in [1.807, 2.05) is 54.6 Å². The van der Waals surface area contributed by atoms with Crippen LogP contribution in [-0.2, 0) is 0 Å². The first-order valence-corrected chi connectivity index (χ1v) is 12.9. The monoisotopic (exact) mass is 525 g/mol. The van der Waals surface area contributed by atoms with Crippen LogP contribution >= 0.6 is 0 Å². The molecule has 0 spiro atoms. The van der Waals surface area contributed by atoms with Crippen molar-refractivity contribution in [2.24, 2.45) is 0 Å². The fourth-order valence-corrected chi connectivity index (χ4v) is 4.45. The first kappa shape index (κ1) is 24.9. The number of aryl methyl sites for hydroxylation is 2. The van der Waals surface area contributed by atoms with Crippen molar-refractivity contribution < 1.29 is 4.74 Å². The van der Waals surface area contributed by atoms with Crippen LogP contribution in [0.3, 0.4) is 0 Å². The van der Waals surface area contributed by atoms with E-state index in [1.165, 1.54) is 11.1 Å². The Bertz CT molecular complexity index is 1820. The van der Waals surface area contributed by atoms with Gasteiger partial charge in [0.1, 0.15) is 11.4 Å². The number of rotatable bonds is 7. The van der Waals surface area contributed by atoms with Gasteiger partial charge in [0, 0.05) is 41.5 Å². The minimum atomic E-state index is 0.461. The van der Waals surface area contributed by atoms with Gasteiger partial charge in [0.2, 0.25) is 11.8 Å². The Morgan fingerprint density at radius 1 is 0.725 bits per heavy atom. The van der Waals surface area contributed by atoms with E-state index in [-0.39, 0.29) is 0 Å². The van der Waals surface area contributed by atoms with E-state index in [2.05, 4.69) is 80.0 Å². The molecule has 0 saturated carbocycles. The van der Waals surface area contributed by atoms with Crippen LogP contribution in [0.2, 0.25) is 0 Å². The van der Waals surface area contributed by atoms with E-state index >= 15 is 0 Å². The molecule has 6 aromatic rings. The molecule has 0 radical (unpaired) electrons. The van der Waals surface area contributed by atoms with Crippen molar-refractivity contribution >= 4 is 28.2 Å². The predicted octanol–water partition coefficient (Wildman–Crippen LogP) is 7.34. The van der Waals surface area contributed by atoms with Crippen LogP contribution < -0.4 is 15.4 Å². The molecule has 8 nitrogen and oxygen atoms in total. The number of nitrogens with zero attached hydrogens (tertiary/aromatic N) is 5. The summed E-state index contributed by atoms with van der Waals surface area (Å²) in [6.07, 6.45) is 3.40. The van der Waals surface area contributed by atoms with Gasteiger partial charge in [0.05, 0.1) is 11.3 Å². The number of hydrogen-bond acceptors (Lipinski definition) is 8. The summed E-state index contributed by atoms with van der Waals surface area (Å²) in [4.78, 5) is 13.1. The van der Waals surface area contributed by atoms with Crippen molar-refractivity contribution in [2.75, 3.05) is 17.7 Å². The normalized spacial score (nSPS) is 10.9.